The topological polar surface area (TPSA) is 49.4 Å². The predicted octanol–water partition coefficient (Wildman–Crippen LogP) is 3.64. The lowest BCUT2D eigenvalue weighted by Gasteiger charge is -2.17. The van der Waals surface area contributed by atoms with Gasteiger partial charge < -0.3 is 10.2 Å². The van der Waals surface area contributed by atoms with E-state index >= 15 is 0 Å². The monoisotopic (exact) mass is 316 g/mol. The molecule has 4 nitrogen and oxygen atoms in total. The molecule has 0 aromatic heterocycles. The number of nitrogens with zero attached hydrogens (tertiary/aromatic N) is 1. The number of amides is 2. The van der Waals surface area contributed by atoms with Gasteiger partial charge in [-0.15, -0.1) is 0 Å². The zero-order valence-electron chi connectivity index (χ0n) is 14.6. The molecular weight excluding hydrogens is 288 g/mol. The number of nitrogens with one attached hydrogen (secondary N) is 1. The maximum Gasteiger partial charge on any atom is 0.229 e. The Kier molecular flexibility index (Phi) is 5.80. The molecule has 1 aliphatic heterocycles. The van der Waals surface area contributed by atoms with Crippen LogP contribution in [-0.4, -0.2) is 29.8 Å². The fourth-order valence-corrected chi connectivity index (χ4v) is 2.77. The number of anilines is 1. The molecule has 0 aliphatic carbocycles. The van der Waals surface area contributed by atoms with Gasteiger partial charge in [-0.25, -0.2) is 0 Å². The van der Waals surface area contributed by atoms with Crippen LogP contribution in [0.3, 0.4) is 0 Å². The number of hydrogen-bond acceptors (Lipinski definition) is 2. The highest BCUT2D eigenvalue weighted by atomic mass is 16.2. The minimum atomic E-state index is -0.237. The van der Waals surface area contributed by atoms with Crippen LogP contribution in [0.4, 0.5) is 5.69 Å². The second kappa shape index (κ2) is 7.62. The first-order chi connectivity index (χ1) is 10.9. The second-order valence-corrected chi connectivity index (χ2v) is 7.19. The molecule has 0 radical (unpaired) electrons. The van der Waals surface area contributed by atoms with Gasteiger partial charge in [0.15, 0.2) is 0 Å². The van der Waals surface area contributed by atoms with E-state index in [1.165, 1.54) is 5.56 Å². The molecule has 1 atom stereocenters. The van der Waals surface area contributed by atoms with Gasteiger partial charge in [0, 0.05) is 25.2 Å². The number of carbonyl (C=O) groups is 2. The molecule has 1 aliphatic rings. The van der Waals surface area contributed by atoms with E-state index in [0.717, 1.165) is 18.7 Å². The summed E-state index contributed by atoms with van der Waals surface area (Å²) in [5.74, 6) is 0.847. The highest BCUT2D eigenvalue weighted by molar-refractivity contribution is 5.97. The summed E-state index contributed by atoms with van der Waals surface area (Å²) in [5, 5.41) is 2.94. The molecule has 1 aromatic carbocycles. The van der Waals surface area contributed by atoms with Crippen molar-refractivity contribution in [3.05, 3.63) is 29.8 Å². The van der Waals surface area contributed by atoms with E-state index in [9.17, 15) is 9.59 Å². The van der Waals surface area contributed by atoms with Gasteiger partial charge in [-0.1, -0.05) is 39.8 Å². The van der Waals surface area contributed by atoms with Crippen LogP contribution < -0.4 is 5.32 Å². The van der Waals surface area contributed by atoms with Gasteiger partial charge in [0.1, 0.15) is 0 Å². The van der Waals surface area contributed by atoms with Crippen LogP contribution in [0.2, 0.25) is 0 Å². The van der Waals surface area contributed by atoms with Crippen molar-refractivity contribution in [2.75, 3.05) is 18.4 Å². The first-order valence-corrected chi connectivity index (χ1v) is 8.55. The van der Waals surface area contributed by atoms with Gasteiger partial charge in [-0.05, 0) is 36.0 Å². The highest BCUT2D eigenvalue weighted by Gasteiger charge is 2.34. The Hall–Kier alpha value is -1.84. The largest absolute Gasteiger partial charge is 0.342 e. The summed E-state index contributed by atoms with van der Waals surface area (Å²) >= 11 is 0. The quantitative estimate of drug-likeness (QED) is 0.871. The van der Waals surface area contributed by atoms with Gasteiger partial charge in [0.25, 0.3) is 0 Å². The minimum absolute atomic E-state index is 0.0531. The molecule has 0 saturated carbocycles. The Morgan fingerprint density at radius 1 is 1.22 bits per heavy atom. The summed E-state index contributed by atoms with van der Waals surface area (Å²) < 4.78 is 0. The molecule has 1 heterocycles. The molecule has 0 bridgehead atoms. The standard InChI is InChI=1S/C19H28N2O2/c1-13(2)9-10-21-12-16(11-18(21)22)19(23)20-17-7-5-15(6-8-17)14(3)4/h5-8,13-14,16H,9-12H2,1-4H3,(H,20,23)/t16-/m0/s1. The lowest BCUT2D eigenvalue weighted by atomic mass is 10.0. The third-order valence-corrected chi connectivity index (χ3v) is 4.41. The minimum Gasteiger partial charge on any atom is -0.342 e. The number of hydrogen-bond donors (Lipinski definition) is 1. The van der Waals surface area contributed by atoms with Crippen molar-refractivity contribution >= 4 is 17.5 Å². The maximum absolute atomic E-state index is 12.4. The van der Waals surface area contributed by atoms with E-state index in [0.29, 0.717) is 24.8 Å². The summed E-state index contributed by atoms with van der Waals surface area (Å²) in [4.78, 5) is 26.2. The lowest BCUT2D eigenvalue weighted by molar-refractivity contribution is -0.128. The first-order valence-electron chi connectivity index (χ1n) is 8.55. The number of benzene rings is 1. The number of rotatable bonds is 6. The summed E-state index contributed by atoms with van der Waals surface area (Å²) in [6.07, 6.45) is 1.31. The van der Waals surface area contributed by atoms with Crippen molar-refractivity contribution in [3.63, 3.8) is 0 Å². The third-order valence-electron chi connectivity index (χ3n) is 4.41. The van der Waals surface area contributed by atoms with Crippen molar-refractivity contribution in [2.24, 2.45) is 11.8 Å². The predicted molar refractivity (Wildman–Crippen MR) is 93.3 cm³/mol. The van der Waals surface area contributed by atoms with E-state index in [4.69, 9.17) is 0 Å². The van der Waals surface area contributed by atoms with Crippen molar-refractivity contribution in [3.8, 4) is 0 Å². The Balaban J connectivity index is 1.90. The summed E-state index contributed by atoms with van der Waals surface area (Å²) in [7, 11) is 0. The third kappa shape index (κ3) is 4.81. The van der Waals surface area contributed by atoms with Crippen molar-refractivity contribution in [2.45, 2.75) is 46.5 Å². The molecule has 23 heavy (non-hydrogen) atoms. The van der Waals surface area contributed by atoms with Crippen molar-refractivity contribution < 1.29 is 9.59 Å². The molecular formula is C19H28N2O2. The van der Waals surface area contributed by atoms with Gasteiger partial charge in [-0.3, -0.25) is 9.59 Å². The van der Waals surface area contributed by atoms with Crippen LogP contribution in [0.15, 0.2) is 24.3 Å². The Morgan fingerprint density at radius 3 is 2.43 bits per heavy atom. The van der Waals surface area contributed by atoms with Crippen molar-refractivity contribution in [1.82, 2.24) is 4.90 Å². The smallest absolute Gasteiger partial charge is 0.229 e. The average molecular weight is 316 g/mol. The van der Waals surface area contributed by atoms with Gasteiger partial charge >= 0.3 is 0 Å². The van der Waals surface area contributed by atoms with Crippen LogP contribution in [0.1, 0.15) is 52.0 Å². The molecule has 0 unspecified atom stereocenters. The molecule has 2 rings (SSSR count). The summed E-state index contributed by atoms with van der Waals surface area (Å²) in [6.45, 7) is 9.87. The van der Waals surface area contributed by atoms with Crippen LogP contribution in [-0.2, 0) is 9.59 Å². The summed E-state index contributed by atoms with van der Waals surface area (Å²) in [6, 6.07) is 7.94. The molecule has 1 fully saturated rings. The highest BCUT2D eigenvalue weighted by Crippen LogP contribution is 2.22. The SMILES string of the molecule is CC(C)CCN1C[C@@H](C(=O)Nc2ccc(C(C)C)cc2)CC1=O. The van der Waals surface area contributed by atoms with Crippen LogP contribution in [0, 0.1) is 11.8 Å². The van der Waals surface area contributed by atoms with E-state index in [2.05, 4.69) is 33.0 Å². The summed E-state index contributed by atoms with van der Waals surface area (Å²) in [5.41, 5.74) is 2.05. The Bertz CT molecular complexity index is 549. The van der Waals surface area contributed by atoms with E-state index in [1.807, 2.05) is 29.2 Å². The first kappa shape index (κ1) is 17.5. The molecule has 1 saturated heterocycles. The molecule has 1 aromatic rings. The van der Waals surface area contributed by atoms with Crippen molar-refractivity contribution in [1.29, 1.82) is 0 Å². The zero-order chi connectivity index (χ0) is 17.0. The fourth-order valence-electron chi connectivity index (χ4n) is 2.77. The normalized spacial score (nSPS) is 18.1. The van der Waals surface area contributed by atoms with Gasteiger partial charge in [0.05, 0.1) is 5.92 Å². The van der Waals surface area contributed by atoms with Crippen LogP contribution in [0.25, 0.3) is 0 Å². The molecule has 126 valence electrons. The van der Waals surface area contributed by atoms with E-state index < -0.39 is 0 Å². The van der Waals surface area contributed by atoms with Crippen LogP contribution in [0.5, 0.6) is 0 Å². The van der Waals surface area contributed by atoms with E-state index in [-0.39, 0.29) is 17.7 Å². The second-order valence-electron chi connectivity index (χ2n) is 7.19. The Morgan fingerprint density at radius 2 is 1.87 bits per heavy atom. The van der Waals surface area contributed by atoms with Gasteiger partial charge in [-0.2, -0.15) is 0 Å². The zero-order valence-corrected chi connectivity index (χ0v) is 14.6. The Labute approximate surface area is 139 Å². The molecule has 0 spiro atoms. The molecule has 4 heteroatoms. The molecule has 2 amide bonds. The fraction of sp³-hybridized carbons (Fsp3) is 0.579. The van der Waals surface area contributed by atoms with Gasteiger partial charge in [0.2, 0.25) is 11.8 Å². The maximum atomic E-state index is 12.4. The van der Waals surface area contributed by atoms with E-state index in [1.54, 1.807) is 0 Å². The number of carbonyl (C=O) groups excluding carboxylic acids is 2. The lowest BCUT2D eigenvalue weighted by Crippen LogP contribution is -2.29. The average Bonchev–Trinajstić information content (AvgIpc) is 2.87. The number of likely N-dealkylation sites (tertiary alicyclic amines) is 1. The molecule has 1 N–H and O–H groups in total. The van der Waals surface area contributed by atoms with Crippen LogP contribution >= 0.6 is 0 Å².